The van der Waals surface area contributed by atoms with Gasteiger partial charge in [0.1, 0.15) is 0 Å². The lowest BCUT2D eigenvalue weighted by Gasteiger charge is -2.04. The van der Waals surface area contributed by atoms with Crippen LogP contribution in [0.3, 0.4) is 0 Å². The SMILES string of the molecule is Cn1nccc1CCNCCC1CC1. The van der Waals surface area contributed by atoms with Crippen molar-refractivity contribution in [3.63, 3.8) is 0 Å². The molecule has 0 atom stereocenters. The smallest absolute Gasteiger partial charge is 0.0492 e. The quantitative estimate of drug-likeness (QED) is 0.691. The summed E-state index contributed by atoms with van der Waals surface area (Å²) in [4.78, 5) is 0. The molecule has 0 saturated heterocycles. The van der Waals surface area contributed by atoms with E-state index in [1.54, 1.807) is 0 Å². The molecular formula is C11H19N3. The second-order valence-electron chi connectivity index (χ2n) is 4.18. The molecule has 0 aliphatic heterocycles. The third-order valence-electron chi connectivity index (χ3n) is 2.91. The lowest BCUT2D eigenvalue weighted by molar-refractivity contribution is 0.598. The van der Waals surface area contributed by atoms with Gasteiger partial charge in [-0.25, -0.2) is 0 Å². The van der Waals surface area contributed by atoms with Gasteiger partial charge in [0.05, 0.1) is 0 Å². The van der Waals surface area contributed by atoms with Crippen LogP contribution in [0, 0.1) is 5.92 Å². The molecule has 1 heterocycles. The van der Waals surface area contributed by atoms with Gasteiger partial charge in [0.15, 0.2) is 0 Å². The van der Waals surface area contributed by atoms with Crippen molar-refractivity contribution in [1.82, 2.24) is 15.1 Å². The molecular weight excluding hydrogens is 174 g/mol. The zero-order valence-corrected chi connectivity index (χ0v) is 8.87. The van der Waals surface area contributed by atoms with Crippen molar-refractivity contribution in [2.24, 2.45) is 13.0 Å². The summed E-state index contributed by atoms with van der Waals surface area (Å²) in [7, 11) is 2.00. The summed E-state index contributed by atoms with van der Waals surface area (Å²) >= 11 is 0. The zero-order chi connectivity index (χ0) is 9.80. The summed E-state index contributed by atoms with van der Waals surface area (Å²) < 4.78 is 1.95. The number of rotatable bonds is 6. The van der Waals surface area contributed by atoms with Crippen molar-refractivity contribution in [2.75, 3.05) is 13.1 Å². The van der Waals surface area contributed by atoms with Crippen LogP contribution in [-0.4, -0.2) is 22.9 Å². The van der Waals surface area contributed by atoms with E-state index in [4.69, 9.17) is 0 Å². The van der Waals surface area contributed by atoms with E-state index < -0.39 is 0 Å². The van der Waals surface area contributed by atoms with E-state index in [0.29, 0.717) is 0 Å². The second-order valence-corrected chi connectivity index (χ2v) is 4.18. The number of hydrogen-bond donors (Lipinski definition) is 1. The first kappa shape index (κ1) is 9.71. The van der Waals surface area contributed by atoms with Crippen LogP contribution in [0.5, 0.6) is 0 Å². The molecule has 0 amide bonds. The number of hydrogen-bond acceptors (Lipinski definition) is 2. The van der Waals surface area contributed by atoms with Crippen LogP contribution in [0.4, 0.5) is 0 Å². The van der Waals surface area contributed by atoms with Gasteiger partial charge < -0.3 is 5.32 Å². The van der Waals surface area contributed by atoms with Gasteiger partial charge in [0.25, 0.3) is 0 Å². The van der Waals surface area contributed by atoms with Crippen LogP contribution in [0.25, 0.3) is 0 Å². The second kappa shape index (κ2) is 4.60. The van der Waals surface area contributed by atoms with Crippen LogP contribution >= 0.6 is 0 Å². The van der Waals surface area contributed by atoms with Crippen molar-refractivity contribution >= 4 is 0 Å². The molecule has 0 bridgehead atoms. The van der Waals surface area contributed by atoms with Crippen molar-refractivity contribution in [3.8, 4) is 0 Å². The van der Waals surface area contributed by atoms with Crippen LogP contribution in [0.1, 0.15) is 25.0 Å². The summed E-state index contributed by atoms with van der Waals surface area (Å²) in [6.45, 7) is 2.26. The normalized spacial score (nSPS) is 16.1. The van der Waals surface area contributed by atoms with Crippen molar-refractivity contribution in [1.29, 1.82) is 0 Å². The monoisotopic (exact) mass is 193 g/mol. The number of aromatic nitrogens is 2. The molecule has 1 aromatic rings. The van der Waals surface area contributed by atoms with Gasteiger partial charge in [0.2, 0.25) is 0 Å². The maximum absolute atomic E-state index is 4.14. The molecule has 0 unspecified atom stereocenters. The Balaban J connectivity index is 1.56. The summed E-state index contributed by atoms with van der Waals surface area (Å²) in [5, 5.41) is 7.62. The average molecular weight is 193 g/mol. The van der Waals surface area contributed by atoms with Crippen LogP contribution < -0.4 is 5.32 Å². The minimum absolute atomic E-state index is 1.04. The Labute approximate surface area is 85.5 Å². The van der Waals surface area contributed by atoms with Crippen LogP contribution in [0.2, 0.25) is 0 Å². The maximum Gasteiger partial charge on any atom is 0.0492 e. The van der Waals surface area contributed by atoms with Gasteiger partial charge in [-0.3, -0.25) is 4.68 Å². The van der Waals surface area contributed by atoms with E-state index >= 15 is 0 Å². The van der Waals surface area contributed by atoms with E-state index in [2.05, 4.69) is 16.5 Å². The lowest BCUT2D eigenvalue weighted by atomic mass is 10.2. The largest absolute Gasteiger partial charge is 0.316 e. The fraction of sp³-hybridized carbons (Fsp3) is 0.727. The van der Waals surface area contributed by atoms with Crippen molar-refractivity contribution < 1.29 is 0 Å². The van der Waals surface area contributed by atoms with Crippen LogP contribution in [0.15, 0.2) is 12.3 Å². The highest BCUT2D eigenvalue weighted by Gasteiger charge is 2.19. The van der Waals surface area contributed by atoms with Gasteiger partial charge in [-0.1, -0.05) is 12.8 Å². The molecule has 1 aliphatic rings. The lowest BCUT2D eigenvalue weighted by Crippen LogP contribution is -2.19. The summed E-state index contributed by atoms with van der Waals surface area (Å²) in [6.07, 6.45) is 7.24. The predicted octanol–water partition coefficient (Wildman–Crippen LogP) is 1.35. The first-order valence-corrected chi connectivity index (χ1v) is 5.54. The highest BCUT2D eigenvalue weighted by Crippen LogP contribution is 2.31. The molecule has 78 valence electrons. The molecule has 1 aromatic heterocycles. The highest BCUT2D eigenvalue weighted by atomic mass is 15.3. The maximum atomic E-state index is 4.14. The Hall–Kier alpha value is -0.830. The molecule has 1 aliphatic carbocycles. The molecule has 3 nitrogen and oxygen atoms in total. The topological polar surface area (TPSA) is 29.9 Å². The predicted molar refractivity (Wildman–Crippen MR) is 57.1 cm³/mol. The Kier molecular flexibility index (Phi) is 3.19. The van der Waals surface area contributed by atoms with E-state index in [1.807, 2.05) is 17.9 Å². The molecule has 0 spiro atoms. The van der Waals surface area contributed by atoms with E-state index in [0.717, 1.165) is 18.9 Å². The highest BCUT2D eigenvalue weighted by molar-refractivity contribution is 5.00. The molecule has 1 saturated carbocycles. The molecule has 0 aromatic carbocycles. The fourth-order valence-electron chi connectivity index (χ4n) is 1.70. The van der Waals surface area contributed by atoms with Crippen molar-refractivity contribution in [2.45, 2.75) is 25.7 Å². The van der Waals surface area contributed by atoms with Gasteiger partial charge in [-0.05, 0) is 24.9 Å². The van der Waals surface area contributed by atoms with E-state index in [-0.39, 0.29) is 0 Å². The average Bonchev–Trinajstić information content (AvgIpc) is 2.91. The molecule has 0 radical (unpaired) electrons. The number of nitrogens with one attached hydrogen (secondary N) is 1. The molecule has 1 N–H and O–H groups in total. The van der Waals surface area contributed by atoms with Crippen molar-refractivity contribution in [3.05, 3.63) is 18.0 Å². The van der Waals surface area contributed by atoms with Gasteiger partial charge in [0, 0.05) is 31.9 Å². The Bertz CT molecular complexity index is 276. The minimum atomic E-state index is 1.04. The van der Waals surface area contributed by atoms with E-state index in [1.165, 1.54) is 31.5 Å². The Morgan fingerprint density at radius 2 is 2.36 bits per heavy atom. The minimum Gasteiger partial charge on any atom is -0.316 e. The molecule has 2 rings (SSSR count). The number of aryl methyl sites for hydroxylation is 1. The summed E-state index contributed by atoms with van der Waals surface area (Å²) in [6, 6.07) is 2.09. The zero-order valence-electron chi connectivity index (χ0n) is 8.87. The Morgan fingerprint density at radius 3 is 3.00 bits per heavy atom. The third kappa shape index (κ3) is 2.84. The van der Waals surface area contributed by atoms with Gasteiger partial charge in [-0.15, -0.1) is 0 Å². The fourth-order valence-corrected chi connectivity index (χ4v) is 1.70. The van der Waals surface area contributed by atoms with Gasteiger partial charge in [-0.2, -0.15) is 5.10 Å². The van der Waals surface area contributed by atoms with Crippen LogP contribution in [-0.2, 0) is 13.5 Å². The Morgan fingerprint density at radius 1 is 1.50 bits per heavy atom. The van der Waals surface area contributed by atoms with E-state index in [9.17, 15) is 0 Å². The number of nitrogens with zero attached hydrogens (tertiary/aromatic N) is 2. The van der Waals surface area contributed by atoms with Gasteiger partial charge >= 0.3 is 0 Å². The summed E-state index contributed by atoms with van der Waals surface area (Å²) in [5.74, 6) is 1.04. The first-order chi connectivity index (χ1) is 6.86. The standard InChI is InChI=1S/C11H19N3/c1-14-11(6-9-13-14)5-8-12-7-4-10-2-3-10/h6,9-10,12H,2-5,7-8H2,1H3. The third-order valence-corrected chi connectivity index (χ3v) is 2.91. The first-order valence-electron chi connectivity index (χ1n) is 5.54. The molecule has 14 heavy (non-hydrogen) atoms. The summed E-state index contributed by atoms with van der Waals surface area (Å²) in [5.41, 5.74) is 1.31. The molecule has 3 heteroatoms. The molecule has 1 fully saturated rings.